The maximum atomic E-state index is 13.8. The zero-order chi connectivity index (χ0) is 17.6. The molecule has 1 aliphatic heterocycles. The summed E-state index contributed by atoms with van der Waals surface area (Å²) in [6.45, 7) is 0.828. The monoisotopic (exact) mass is 341 g/mol. The number of ether oxygens (including phenoxy) is 3. The molecule has 1 fully saturated rings. The van der Waals surface area contributed by atoms with E-state index in [4.69, 9.17) is 14.2 Å². The van der Waals surface area contributed by atoms with Crippen LogP contribution in [0.1, 0.15) is 22.3 Å². The van der Waals surface area contributed by atoms with Crippen molar-refractivity contribution in [2.75, 3.05) is 33.5 Å². The van der Waals surface area contributed by atoms with E-state index in [9.17, 15) is 19.1 Å². The number of amides is 1. The summed E-state index contributed by atoms with van der Waals surface area (Å²) in [5.41, 5.74) is -1.07. The van der Waals surface area contributed by atoms with E-state index in [0.717, 1.165) is 6.07 Å². The molecule has 0 aliphatic carbocycles. The van der Waals surface area contributed by atoms with Gasteiger partial charge in [-0.1, -0.05) is 0 Å². The molecule has 1 saturated heterocycles. The highest BCUT2D eigenvalue weighted by molar-refractivity contribution is 5.98. The van der Waals surface area contributed by atoms with Gasteiger partial charge in [-0.15, -0.1) is 0 Å². The molecule has 1 amide bonds. The van der Waals surface area contributed by atoms with Gasteiger partial charge in [0, 0.05) is 31.3 Å². The van der Waals surface area contributed by atoms with Gasteiger partial charge in [-0.3, -0.25) is 4.79 Å². The van der Waals surface area contributed by atoms with Gasteiger partial charge < -0.3 is 24.6 Å². The van der Waals surface area contributed by atoms with Gasteiger partial charge >= 0.3 is 5.97 Å². The quantitative estimate of drug-likeness (QED) is 0.684. The van der Waals surface area contributed by atoms with E-state index in [1.807, 2.05) is 0 Å². The molecule has 1 unspecified atom stereocenters. The van der Waals surface area contributed by atoms with Crippen molar-refractivity contribution in [1.29, 1.82) is 0 Å². The minimum absolute atomic E-state index is 0.0104. The zero-order valence-electron chi connectivity index (χ0n) is 13.3. The van der Waals surface area contributed by atoms with Crippen LogP contribution >= 0.6 is 0 Å². The molecule has 132 valence electrons. The summed E-state index contributed by atoms with van der Waals surface area (Å²) in [5, 5.41) is 11.8. The molecule has 1 aromatic rings. The Kier molecular flexibility index (Phi) is 6.24. The molecule has 0 saturated carbocycles. The number of aliphatic carboxylic acids is 1. The lowest BCUT2D eigenvalue weighted by Crippen LogP contribution is -2.55. The van der Waals surface area contributed by atoms with Gasteiger partial charge in [0.1, 0.15) is 5.82 Å². The maximum Gasteiger partial charge on any atom is 0.331 e. The minimum atomic E-state index is -1.44. The van der Waals surface area contributed by atoms with Gasteiger partial charge in [-0.2, -0.15) is 0 Å². The lowest BCUT2D eigenvalue weighted by molar-refractivity contribution is -0.144. The third-order valence-electron chi connectivity index (χ3n) is 3.78. The molecular formula is C16H20FNO6. The van der Waals surface area contributed by atoms with Crippen molar-refractivity contribution >= 4 is 11.9 Å². The van der Waals surface area contributed by atoms with E-state index in [1.165, 1.54) is 19.2 Å². The second-order valence-electron chi connectivity index (χ2n) is 5.50. The van der Waals surface area contributed by atoms with Crippen LogP contribution in [-0.4, -0.2) is 56.1 Å². The molecule has 7 nitrogen and oxygen atoms in total. The van der Waals surface area contributed by atoms with Crippen molar-refractivity contribution < 1.29 is 33.3 Å². The first-order valence-corrected chi connectivity index (χ1v) is 7.47. The lowest BCUT2D eigenvalue weighted by atomic mass is 9.98. The number of hydrogen-bond donors (Lipinski definition) is 2. The third-order valence-corrected chi connectivity index (χ3v) is 3.78. The number of rotatable bonds is 8. The number of hydrogen-bond acceptors (Lipinski definition) is 5. The summed E-state index contributed by atoms with van der Waals surface area (Å²) >= 11 is 0. The van der Waals surface area contributed by atoms with Gasteiger partial charge in [-0.25, -0.2) is 9.18 Å². The summed E-state index contributed by atoms with van der Waals surface area (Å²) in [4.78, 5) is 23.8. The second-order valence-corrected chi connectivity index (χ2v) is 5.50. The Morgan fingerprint density at radius 3 is 2.83 bits per heavy atom. The van der Waals surface area contributed by atoms with Crippen molar-refractivity contribution in [3.63, 3.8) is 0 Å². The number of halogens is 1. The maximum absolute atomic E-state index is 13.8. The second kappa shape index (κ2) is 8.18. The lowest BCUT2D eigenvalue weighted by Gasteiger charge is -2.23. The van der Waals surface area contributed by atoms with Crippen LogP contribution in [0.5, 0.6) is 0 Å². The molecule has 1 heterocycles. The topological polar surface area (TPSA) is 94.1 Å². The Hall–Kier alpha value is -2.03. The normalized spacial score (nSPS) is 20.1. The fourth-order valence-corrected chi connectivity index (χ4v) is 2.33. The van der Waals surface area contributed by atoms with E-state index >= 15 is 0 Å². The first-order chi connectivity index (χ1) is 11.5. The number of carboxylic acids is 1. The standard InChI is InChI=1S/C16H20FNO6/c1-22-6-7-23-9-12-8-11(2-3-13(12)17)14(19)18-16(15(20)21)4-5-24-10-16/h2-3,8H,4-7,9-10H2,1H3,(H,18,19)(H,20,21). The predicted octanol–water partition coefficient (Wildman–Crippen LogP) is 0.962. The van der Waals surface area contributed by atoms with Gasteiger partial charge in [-0.05, 0) is 18.2 Å². The number of carbonyl (C=O) groups is 2. The average molecular weight is 341 g/mol. The molecule has 1 aromatic carbocycles. The van der Waals surface area contributed by atoms with E-state index in [1.54, 1.807) is 0 Å². The molecule has 0 radical (unpaired) electrons. The Balaban J connectivity index is 2.07. The van der Waals surface area contributed by atoms with E-state index in [-0.39, 0.29) is 37.4 Å². The van der Waals surface area contributed by atoms with Crippen molar-refractivity contribution in [3.05, 3.63) is 35.1 Å². The van der Waals surface area contributed by atoms with Gasteiger partial charge in [0.15, 0.2) is 5.54 Å². The smallest absolute Gasteiger partial charge is 0.331 e. The molecule has 0 spiro atoms. The molecule has 1 atom stereocenters. The number of nitrogens with one attached hydrogen (secondary N) is 1. The SMILES string of the molecule is COCCOCc1cc(C(=O)NC2(C(=O)O)CCOC2)ccc1F. The number of carboxylic acid groups (broad SMARTS) is 1. The van der Waals surface area contributed by atoms with Crippen LogP contribution in [0.4, 0.5) is 4.39 Å². The van der Waals surface area contributed by atoms with Crippen LogP contribution < -0.4 is 5.32 Å². The first kappa shape index (κ1) is 18.3. The van der Waals surface area contributed by atoms with Crippen LogP contribution in [0, 0.1) is 5.82 Å². The molecule has 8 heteroatoms. The Bertz CT molecular complexity index is 600. The molecule has 2 N–H and O–H groups in total. The molecule has 0 bridgehead atoms. The van der Waals surface area contributed by atoms with Crippen molar-refractivity contribution in [2.24, 2.45) is 0 Å². The minimum Gasteiger partial charge on any atom is -0.479 e. The van der Waals surface area contributed by atoms with Crippen LogP contribution in [-0.2, 0) is 25.6 Å². The van der Waals surface area contributed by atoms with Gasteiger partial charge in [0.05, 0.1) is 26.4 Å². The predicted molar refractivity (Wildman–Crippen MR) is 81.2 cm³/mol. The highest BCUT2D eigenvalue weighted by atomic mass is 19.1. The van der Waals surface area contributed by atoms with E-state index in [0.29, 0.717) is 13.2 Å². The third kappa shape index (κ3) is 4.28. The zero-order valence-corrected chi connectivity index (χ0v) is 13.3. The Morgan fingerprint density at radius 2 is 2.21 bits per heavy atom. The molecule has 0 aromatic heterocycles. The fourth-order valence-electron chi connectivity index (χ4n) is 2.33. The molecule has 24 heavy (non-hydrogen) atoms. The summed E-state index contributed by atoms with van der Waals surface area (Å²) in [7, 11) is 1.53. The van der Waals surface area contributed by atoms with E-state index in [2.05, 4.69) is 5.32 Å². The summed E-state index contributed by atoms with van der Waals surface area (Å²) in [6.07, 6.45) is 0.183. The molecule has 2 rings (SSSR count). The summed E-state index contributed by atoms with van der Waals surface area (Å²) in [5.74, 6) is -2.25. The van der Waals surface area contributed by atoms with Gasteiger partial charge in [0.25, 0.3) is 5.91 Å². The first-order valence-electron chi connectivity index (χ1n) is 7.47. The van der Waals surface area contributed by atoms with Crippen LogP contribution in [0.3, 0.4) is 0 Å². The van der Waals surface area contributed by atoms with Gasteiger partial charge in [0.2, 0.25) is 0 Å². The highest BCUT2D eigenvalue weighted by Gasteiger charge is 2.44. The fraction of sp³-hybridized carbons (Fsp3) is 0.500. The molecule has 1 aliphatic rings. The molecular weight excluding hydrogens is 321 g/mol. The number of carbonyl (C=O) groups excluding carboxylic acids is 1. The Labute approximate surface area is 138 Å². The summed E-state index contributed by atoms with van der Waals surface area (Å²) < 4.78 is 29.0. The van der Waals surface area contributed by atoms with Crippen LogP contribution in [0.15, 0.2) is 18.2 Å². The van der Waals surface area contributed by atoms with Crippen molar-refractivity contribution in [3.8, 4) is 0 Å². The Morgan fingerprint density at radius 1 is 1.42 bits per heavy atom. The largest absolute Gasteiger partial charge is 0.479 e. The van der Waals surface area contributed by atoms with Crippen LogP contribution in [0.25, 0.3) is 0 Å². The average Bonchev–Trinajstić information content (AvgIpc) is 3.03. The number of methoxy groups -OCH3 is 1. The number of benzene rings is 1. The van der Waals surface area contributed by atoms with Crippen molar-refractivity contribution in [1.82, 2.24) is 5.32 Å². The van der Waals surface area contributed by atoms with Crippen LogP contribution in [0.2, 0.25) is 0 Å². The summed E-state index contributed by atoms with van der Waals surface area (Å²) in [6, 6.07) is 3.81. The highest BCUT2D eigenvalue weighted by Crippen LogP contribution is 2.20. The van der Waals surface area contributed by atoms with Crippen molar-refractivity contribution in [2.45, 2.75) is 18.6 Å². The van der Waals surface area contributed by atoms with E-state index < -0.39 is 23.2 Å².